The largest absolute Gasteiger partial charge is 0.465 e. The lowest BCUT2D eigenvalue weighted by atomic mass is 10.1. The second-order valence-electron chi connectivity index (χ2n) is 6.27. The van der Waals surface area contributed by atoms with Gasteiger partial charge in [0.25, 0.3) is 0 Å². The number of esters is 1. The molecule has 0 atom stereocenters. The highest BCUT2D eigenvalue weighted by Crippen LogP contribution is 2.34. The Bertz CT molecular complexity index is 912. The van der Waals surface area contributed by atoms with Gasteiger partial charge in [-0.3, -0.25) is 9.36 Å². The number of carbonyl (C=O) groups excluding carboxylic acids is 2. The fraction of sp³-hybridized carbons (Fsp3) is 0.300. The molecule has 0 radical (unpaired) electrons. The van der Waals surface area contributed by atoms with Gasteiger partial charge in [0.15, 0.2) is 11.6 Å². The molecule has 1 aromatic heterocycles. The van der Waals surface area contributed by atoms with Crippen molar-refractivity contribution in [3.8, 4) is 0 Å². The lowest BCUT2D eigenvalue weighted by Crippen LogP contribution is -2.35. The molecule has 2 heterocycles. The van der Waals surface area contributed by atoms with Crippen LogP contribution in [0.3, 0.4) is 0 Å². The van der Waals surface area contributed by atoms with Gasteiger partial charge in [-0.2, -0.15) is 5.10 Å². The average Bonchev–Trinajstić information content (AvgIpc) is 3.05. The van der Waals surface area contributed by atoms with E-state index in [9.17, 15) is 9.59 Å². The summed E-state index contributed by atoms with van der Waals surface area (Å²) in [7, 11) is 0. The van der Waals surface area contributed by atoms with Crippen molar-refractivity contribution >= 4 is 35.2 Å². The van der Waals surface area contributed by atoms with Gasteiger partial charge in [-0.25, -0.2) is 9.80 Å². The van der Waals surface area contributed by atoms with E-state index in [1.165, 1.54) is 5.01 Å². The third kappa shape index (κ3) is 4.15. The maximum absolute atomic E-state index is 11.9. The van der Waals surface area contributed by atoms with Crippen molar-refractivity contribution in [3.05, 3.63) is 48.3 Å². The molecule has 1 aliphatic heterocycles. The van der Waals surface area contributed by atoms with Crippen molar-refractivity contribution in [2.24, 2.45) is 11.0 Å². The number of benzene rings is 1. The Balaban J connectivity index is 1.97. The van der Waals surface area contributed by atoms with E-state index in [1.54, 1.807) is 18.7 Å². The van der Waals surface area contributed by atoms with Crippen LogP contribution in [0.1, 0.15) is 26.5 Å². The van der Waals surface area contributed by atoms with Crippen LogP contribution in [0.25, 0.3) is 5.70 Å². The second kappa shape index (κ2) is 8.29. The molecule has 0 spiro atoms. The first-order valence-corrected chi connectivity index (χ1v) is 9.58. The smallest absolute Gasteiger partial charge is 0.327 e. The number of hydrogen-bond donors (Lipinski definition) is 0. The van der Waals surface area contributed by atoms with Crippen LogP contribution < -0.4 is 0 Å². The topological polar surface area (TPSA) is 63.9 Å². The minimum absolute atomic E-state index is 0.101. The first-order valence-electron chi connectivity index (χ1n) is 8.76. The molecule has 3 rings (SSSR count). The molecule has 0 fully saturated rings. The third-order valence-corrected chi connectivity index (χ3v) is 4.91. The third-order valence-electron chi connectivity index (χ3n) is 3.94. The quantitative estimate of drug-likeness (QED) is 0.564. The fourth-order valence-corrected chi connectivity index (χ4v) is 3.68. The molecule has 7 heteroatoms. The highest BCUT2D eigenvalue weighted by atomic mass is 32.2. The Morgan fingerprint density at radius 1 is 1.26 bits per heavy atom. The van der Waals surface area contributed by atoms with Gasteiger partial charge in [0.2, 0.25) is 0 Å². The zero-order chi connectivity index (χ0) is 19.4. The minimum Gasteiger partial charge on any atom is -0.465 e. The van der Waals surface area contributed by atoms with E-state index in [1.807, 2.05) is 67.0 Å². The van der Waals surface area contributed by atoms with Gasteiger partial charge in [-0.05, 0) is 25.1 Å². The van der Waals surface area contributed by atoms with Gasteiger partial charge in [-0.1, -0.05) is 43.8 Å². The maximum Gasteiger partial charge on any atom is 0.327 e. The zero-order valence-electron chi connectivity index (χ0n) is 15.5. The second-order valence-corrected chi connectivity index (χ2v) is 7.42. The van der Waals surface area contributed by atoms with E-state index in [0.717, 1.165) is 15.6 Å². The Kier molecular flexibility index (Phi) is 5.84. The Labute approximate surface area is 162 Å². The standard InChI is InChI=1S/C20H21N3O3S/c1-4-26-19(25)12-23-18(13-24)17-10-16(27-15-8-6-5-7-9-15)11-22(17)20(21-23)14(2)3/h5-11,14H,4,12H2,1-3H3. The van der Waals surface area contributed by atoms with Crippen molar-refractivity contribution in [2.75, 3.05) is 13.2 Å². The number of ether oxygens (including phenoxy) is 1. The normalized spacial score (nSPS) is 13.3. The van der Waals surface area contributed by atoms with Crippen LogP contribution in [0.4, 0.5) is 0 Å². The van der Waals surface area contributed by atoms with E-state index in [0.29, 0.717) is 5.69 Å². The fourth-order valence-electron chi connectivity index (χ4n) is 2.79. The molecule has 1 aliphatic rings. The number of hydrogen-bond acceptors (Lipinski definition) is 6. The van der Waals surface area contributed by atoms with Crippen LogP contribution in [0.2, 0.25) is 0 Å². The van der Waals surface area contributed by atoms with Gasteiger partial charge in [-0.15, -0.1) is 0 Å². The molecule has 0 saturated carbocycles. The molecule has 0 bridgehead atoms. The van der Waals surface area contributed by atoms with Crippen LogP contribution in [-0.4, -0.2) is 40.5 Å². The van der Waals surface area contributed by atoms with Gasteiger partial charge in [0.1, 0.15) is 12.4 Å². The number of nitrogens with zero attached hydrogens (tertiary/aromatic N) is 3. The summed E-state index contributed by atoms with van der Waals surface area (Å²) in [5.41, 5.74) is 0.902. The summed E-state index contributed by atoms with van der Waals surface area (Å²) >= 11 is 1.60. The molecular weight excluding hydrogens is 362 g/mol. The van der Waals surface area contributed by atoms with Crippen molar-refractivity contribution in [1.82, 2.24) is 9.58 Å². The van der Waals surface area contributed by atoms with Crippen molar-refractivity contribution in [1.29, 1.82) is 0 Å². The lowest BCUT2D eigenvalue weighted by Gasteiger charge is -2.28. The summed E-state index contributed by atoms with van der Waals surface area (Å²) in [4.78, 5) is 25.7. The van der Waals surface area contributed by atoms with E-state index >= 15 is 0 Å². The molecule has 6 nitrogen and oxygen atoms in total. The Morgan fingerprint density at radius 2 is 2.00 bits per heavy atom. The predicted molar refractivity (Wildman–Crippen MR) is 105 cm³/mol. The lowest BCUT2D eigenvalue weighted by molar-refractivity contribution is -0.143. The molecule has 0 unspecified atom stereocenters. The molecular formula is C20H21N3O3S. The number of aromatic nitrogens is 1. The highest BCUT2D eigenvalue weighted by molar-refractivity contribution is 7.99. The Morgan fingerprint density at radius 3 is 2.63 bits per heavy atom. The van der Waals surface area contributed by atoms with E-state index < -0.39 is 5.97 Å². The molecule has 0 N–H and O–H groups in total. The van der Waals surface area contributed by atoms with Crippen molar-refractivity contribution in [2.45, 2.75) is 30.6 Å². The molecule has 140 valence electrons. The zero-order valence-corrected chi connectivity index (χ0v) is 16.3. The van der Waals surface area contributed by atoms with Crippen molar-refractivity contribution < 1.29 is 14.3 Å². The van der Waals surface area contributed by atoms with Gasteiger partial charge < -0.3 is 4.74 Å². The summed E-state index contributed by atoms with van der Waals surface area (Å²) in [6.45, 7) is 5.93. The van der Waals surface area contributed by atoms with Gasteiger partial charge in [0, 0.05) is 21.9 Å². The summed E-state index contributed by atoms with van der Waals surface area (Å²) in [6, 6.07) is 11.9. The summed E-state index contributed by atoms with van der Waals surface area (Å²) in [6.07, 6.45) is 1.96. The highest BCUT2D eigenvalue weighted by Gasteiger charge is 2.29. The molecule has 1 aromatic carbocycles. The van der Waals surface area contributed by atoms with E-state index in [2.05, 4.69) is 5.10 Å². The predicted octanol–water partition coefficient (Wildman–Crippen LogP) is 3.51. The molecule has 2 aromatic rings. The van der Waals surface area contributed by atoms with Crippen LogP contribution in [0.15, 0.2) is 57.5 Å². The van der Waals surface area contributed by atoms with Crippen LogP contribution in [0, 0.1) is 5.92 Å². The minimum atomic E-state index is -0.434. The van der Waals surface area contributed by atoms with Gasteiger partial charge >= 0.3 is 5.97 Å². The number of rotatable bonds is 6. The number of carbonyl (C=O) groups is 1. The van der Waals surface area contributed by atoms with E-state index in [4.69, 9.17) is 4.74 Å². The number of hydrazone groups is 1. The van der Waals surface area contributed by atoms with Gasteiger partial charge in [0.05, 0.1) is 12.3 Å². The monoisotopic (exact) mass is 383 g/mol. The van der Waals surface area contributed by atoms with Crippen LogP contribution >= 0.6 is 11.8 Å². The summed E-state index contributed by atoms with van der Waals surface area (Å²) < 4.78 is 6.90. The van der Waals surface area contributed by atoms with Crippen LogP contribution in [0.5, 0.6) is 0 Å². The van der Waals surface area contributed by atoms with E-state index in [-0.39, 0.29) is 24.8 Å². The Hall–Kier alpha value is -2.76. The maximum atomic E-state index is 11.9. The molecule has 0 aliphatic carbocycles. The average molecular weight is 383 g/mol. The van der Waals surface area contributed by atoms with Crippen LogP contribution in [-0.2, 0) is 14.3 Å². The first-order chi connectivity index (χ1) is 13.0. The van der Waals surface area contributed by atoms with Crippen molar-refractivity contribution in [3.63, 3.8) is 0 Å². The number of fused-ring (bicyclic) bond motifs is 1. The SMILES string of the molecule is CCOC(=O)CN1N=C(C(C)C)n2cc(Sc3ccccc3)cc2C1=C=O. The molecule has 27 heavy (non-hydrogen) atoms. The molecule has 0 amide bonds. The summed E-state index contributed by atoms with van der Waals surface area (Å²) in [5.74, 6) is 2.37. The molecule has 0 saturated heterocycles. The summed E-state index contributed by atoms with van der Waals surface area (Å²) in [5, 5.41) is 5.90. The first kappa shape index (κ1) is 19.0.